The Hall–Kier alpha value is -2.17. The molecule has 3 aromatic rings. The van der Waals surface area contributed by atoms with E-state index in [1.165, 1.54) is 6.07 Å². The molecule has 3 rings (SSSR count). The van der Waals surface area contributed by atoms with Gasteiger partial charge in [-0.3, -0.25) is 0 Å². The van der Waals surface area contributed by atoms with Crippen LogP contribution in [0.4, 0.5) is 5.95 Å². The van der Waals surface area contributed by atoms with Crippen LogP contribution in [-0.4, -0.2) is 41.2 Å². The molecular formula is C14H16N6O2S2. The van der Waals surface area contributed by atoms with Gasteiger partial charge >= 0.3 is 0 Å². The number of aromatic nitrogens is 4. The average Bonchev–Trinajstić information content (AvgIpc) is 3.01. The van der Waals surface area contributed by atoms with Crippen molar-refractivity contribution in [3.63, 3.8) is 0 Å². The van der Waals surface area contributed by atoms with E-state index in [4.69, 9.17) is 0 Å². The molecule has 1 N–H and O–H groups in total. The summed E-state index contributed by atoms with van der Waals surface area (Å²) in [6.07, 6.45) is 0. The van der Waals surface area contributed by atoms with E-state index in [0.717, 1.165) is 17.4 Å². The van der Waals surface area contributed by atoms with Gasteiger partial charge in [0, 0.05) is 19.8 Å². The largest absolute Gasteiger partial charge is 0.347 e. The van der Waals surface area contributed by atoms with E-state index in [9.17, 15) is 8.42 Å². The van der Waals surface area contributed by atoms with Crippen LogP contribution in [-0.2, 0) is 16.6 Å². The smallest absolute Gasteiger partial charge is 0.243 e. The van der Waals surface area contributed by atoms with Crippen LogP contribution in [0.3, 0.4) is 0 Å². The number of hydrogen-bond acceptors (Lipinski definition) is 8. The molecule has 2 aromatic heterocycles. The molecule has 0 unspecified atom stereocenters. The van der Waals surface area contributed by atoms with E-state index in [1.54, 1.807) is 23.1 Å². The number of nitrogens with one attached hydrogen (secondary N) is 1. The number of rotatable bonds is 5. The van der Waals surface area contributed by atoms with Gasteiger partial charge in [-0.05, 0) is 25.1 Å². The summed E-state index contributed by atoms with van der Waals surface area (Å²) < 4.78 is 35.9. The van der Waals surface area contributed by atoms with E-state index in [1.807, 2.05) is 21.0 Å². The van der Waals surface area contributed by atoms with Crippen LogP contribution in [0.2, 0.25) is 0 Å². The van der Waals surface area contributed by atoms with Crippen molar-refractivity contribution >= 4 is 38.7 Å². The van der Waals surface area contributed by atoms with Crippen molar-refractivity contribution in [2.45, 2.75) is 18.4 Å². The molecule has 0 fully saturated rings. The molecule has 24 heavy (non-hydrogen) atoms. The maximum absolute atomic E-state index is 12.6. The highest BCUT2D eigenvalue weighted by Crippen LogP contribution is 2.21. The molecule has 0 saturated heterocycles. The molecule has 0 spiro atoms. The molecule has 0 bridgehead atoms. The van der Waals surface area contributed by atoms with Crippen LogP contribution in [0.1, 0.15) is 11.4 Å². The number of anilines is 1. The van der Waals surface area contributed by atoms with E-state index in [-0.39, 0.29) is 11.4 Å². The van der Waals surface area contributed by atoms with Crippen molar-refractivity contribution < 1.29 is 8.42 Å². The van der Waals surface area contributed by atoms with Crippen molar-refractivity contribution in [2.24, 2.45) is 0 Å². The van der Waals surface area contributed by atoms with Crippen molar-refractivity contribution in [3.8, 4) is 0 Å². The zero-order valence-corrected chi connectivity index (χ0v) is 15.0. The molecule has 8 nitrogen and oxygen atoms in total. The van der Waals surface area contributed by atoms with E-state index >= 15 is 0 Å². The van der Waals surface area contributed by atoms with Crippen LogP contribution in [0.5, 0.6) is 0 Å². The van der Waals surface area contributed by atoms with Gasteiger partial charge in [-0.2, -0.15) is 8.75 Å². The average molecular weight is 364 g/mol. The number of benzene rings is 1. The summed E-state index contributed by atoms with van der Waals surface area (Å²) in [6.45, 7) is 1.91. The predicted molar refractivity (Wildman–Crippen MR) is 92.5 cm³/mol. The maximum atomic E-state index is 12.6. The lowest BCUT2D eigenvalue weighted by molar-refractivity contribution is 0.581. The van der Waals surface area contributed by atoms with Crippen LogP contribution in [0, 0.1) is 6.92 Å². The molecule has 0 amide bonds. The summed E-state index contributed by atoms with van der Waals surface area (Å²) >= 11 is 0.986. The number of aryl methyl sites for hydroxylation is 1. The van der Waals surface area contributed by atoms with Gasteiger partial charge in [0.1, 0.15) is 15.9 Å². The standard InChI is InChI=1S/C14H16N6O2S2/c1-9-7-10(17-14(16-9)20(2)3)8-15-24(21,22)12-6-4-5-11-13(12)19-23-18-11/h4-7,15H,8H2,1-3H3. The van der Waals surface area contributed by atoms with Gasteiger partial charge < -0.3 is 4.90 Å². The Bertz CT molecular complexity index is 984. The van der Waals surface area contributed by atoms with Gasteiger partial charge in [-0.1, -0.05) is 6.07 Å². The van der Waals surface area contributed by atoms with Crippen LogP contribution >= 0.6 is 11.7 Å². The van der Waals surface area contributed by atoms with Gasteiger partial charge in [-0.15, -0.1) is 0 Å². The zero-order valence-electron chi connectivity index (χ0n) is 13.4. The summed E-state index contributed by atoms with van der Waals surface area (Å²) in [5.74, 6) is 0.537. The van der Waals surface area contributed by atoms with Gasteiger partial charge in [0.25, 0.3) is 0 Å². The van der Waals surface area contributed by atoms with Gasteiger partial charge in [0.15, 0.2) is 0 Å². The lowest BCUT2D eigenvalue weighted by Crippen LogP contribution is -2.25. The third-order valence-corrected chi connectivity index (χ3v) is 5.25. The summed E-state index contributed by atoms with van der Waals surface area (Å²) in [6, 6.07) is 6.65. The monoisotopic (exact) mass is 364 g/mol. The molecule has 10 heteroatoms. The SMILES string of the molecule is Cc1cc(CNS(=O)(=O)c2cccc3nsnc23)nc(N(C)C)n1. The molecule has 0 saturated carbocycles. The van der Waals surface area contributed by atoms with Crippen molar-refractivity contribution in [1.29, 1.82) is 0 Å². The fraction of sp³-hybridized carbons (Fsp3) is 0.286. The van der Waals surface area contributed by atoms with Crippen molar-refractivity contribution in [2.75, 3.05) is 19.0 Å². The Morgan fingerprint density at radius 2 is 2.00 bits per heavy atom. The first kappa shape index (κ1) is 16.7. The number of nitrogens with zero attached hydrogens (tertiary/aromatic N) is 5. The second kappa shape index (κ2) is 6.38. The van der Waals surface area contributed by atoms with E-state index in [0.29, 0.717) is 22.7 Å². The summed E-state index contributed by atoms with van der Waals surface area (Å²) in [7, 11) is -0.0568. The fourth-order valence-corrected chi connectivity index (χ4v) is 3.92. The first-order chi connectivity index (χ1) is 11.4. The summed E-state index contributed by atoms with van der Waals surface area (Å²) in [5.41, 5.74) is 2.31. The van der Waals surface area contributed by atoms with Crippen molar-refractivity contribution in [1.82, 2.24) is 23.4 Å². The minimum Gasteiger partial charge on any atom is -0.347 e. The molecule has 0 aliphatic heterocycles. The van der Waals surface area contributed by atoms with E-state index < -0.39 is 10.0 Å². The third kappa shape index (κ3) is 3.35. The number of sulfonamides is 1. The lowest BCUT2D eigenvalue weighted by atomic mass is 10.3. The van der Waals surface area contributed by atoms with Gasteiger partial charge in [0.2, 0.25) is 16.0 Å². The van der Waals surface area contributed by atoms with E-state index in [2.05, 4.69) is 23.4 Å². The molecular weight excluding hydrogens is 348 g/mol. The molecule has 0 aliphatic carbocycles. The molecule has 1 aromatic carbocycles. The Morgan fingerprint density at radius 3 is 2.75 bits per heavy atom. The Balaban J connectivity index is 1.87. The van der Waals surface area contributed by atoms with Crippen molar-refractivity contribution in [3.05, 3.63) is 35.7 Å². The fourth-order valence-electron chi connectivity index (χ4n) is 2.15. The number of hydrogen-bond donors (Lipinski definition) is 1. The molecule has 0 radical (unpaired) electrons. The number of fused-ring (bicyclic) bond motifs is 1. The topological polar surface area (TPSA) is 101 Å². The third-order valence-electron chi connectivity index (χ3n) is 3.28. The highest BCUT2D eigenvalue weighted by molar-refractivity contribution is 7.89. The highest BCUT2D eigenvalue weighted by atomic mass is 32.2. The lowest BCUT2D eigenvalue weighted by Gasteiger charge is -2.13. The Kier molecular flexibility index (Phi) is 4.43. The molecule has 0 atom stereocenters. The zero-order chi connectivity index (χ0) is 17.3. The van der Waals surface area contributed by atoms with Crippen LogP contribution < -0.4 is 9.62 Å². The molecule has 0 aliphatic rings. The maximum Gasteiger partial charge on any atom is 0.243 e. The predicted octanol–water partition coefficient (Wildman–Crippen LogP) is 1.33. The highest BCUT2D eigenvalue weighted by Gasteiger charge is 2.19. The quantitative estimate of drug-likeness (QED) is 0.729. The van der Waals surface area contributed by atoms with Gasteiger partial charge in [-0.25, -0.2) is 23.1 Å². The molecule has 126 valence electrons. The second-order valence-corrected chi connectivity index (χ2v) is 7.67. The van der Waals surface area contributed by atoms with Gasteiger partial charge in [0.05, 0.1) is 24.0 Å². The Morgan fingerprint density at radius 1 is 1.21 bits per heavy atom. The molecule has 2 heterocycles. The van der Waals surface area contributed by atoms with Crippen LogP contribution in [0.15, 0.2) is 29.2 Å². The Labute approximate surface area is 144 Å². The van der Waals surface area contributed by atoms with Crippen LogP contribution in [0.25, 0.3) is 11.0 Å². The summed E-state index contributed by atoms with van der Waals surface area (Å²) in [5, 5.41) is 0. The summed E-state index contributed by atoms with van der Waals surface area (Å²) in [4.78, 5) is 10.5. The first-order valence-corrected chi connectivity index (χ1v) is 9.31. The normalized spacial score (nSPS) is 11.8. The minimum atomic E-state index is -3.72. The minimum absolute atomic E-state index is 0.0699. The second-order valence-electron chi connectivity index (χ2n) is 5.41. The first-order valence-electron chi connectivity index (χ1n) is 7.09.